The summed E-state index contributed by atoms with van der Waals surface area (Å²) in [5.41, 5.74) is 0. The molecule has 1 aliphatic heterocycles. The molecular weight excluding hydrogens is 200 g/mol. The fraction of sp³-hybridized carbons (Fsp3) is 0.778. The Morgan fingerprint density at radius 1 is 1.47 bits per heavy atom. The van der Waals surface area contributed by atoms with Crippen molar-refractivity contribution in [2.24, 2.45) is 0 Å². The quantitative estimate of drug-likeness (QED) is 0.537. The predicted octanol–water partition coefficient (Wildman–Crippen LogP) is -1.35. The number of ether oxygens (including phenoxy) is 2. The summed E-state index contributed by atoms with van der Waals surface area (Å²) < 4.78 is 9.85. The van der Waals surface area contributed by atoms with Crippen LogP contribution in [-0.2, 0) is 19.1 Å². The highest BCUT2D eigenvalue weighted by Gasteiger charge is 2.18. The molecule has 1 aliphatic rings. The van der Waals surface area contributed by atoms with Crippen LogP contribution in [0.3, 0.4) is 0 Å². The maximum Gasteiger partial charge on any atom is 0.325 e. The van der Waals surface area contributed by atoms with E-state index in [2.05, 4.69) is 15.4 Å². The normalized spacial score (nSPS) is 15.5. The molecule has 1 heterocycles. The van der Waals surface area contributed by atoms with Gasteiger partial charge in [-0.2, -0.15) is 0 Å². The predicted molar refractivity (Wildman–Crippen MR) is 52.3 cm³/mol. The van der Waals surface area contributed by atoms with Crippen LogP contribution in [0.25, 0.3) is 0 Å². The van der Waals surface area contributed by atoms with Crippen molar-refractivity contribution in [2.75, 3.05) is 32.8 Å². The van der Waals surface area contributed by atoms with Crippen LogP contribution in [0.5, 0.6) is 0 Å². The molecule has 0 unspecified atom stereocenters. The highest BCUT2D eigenvalue weighted by Crippen LogP contribution is 1.96. The van der Waals surface area contributed by atoms with Crippen molar-refractivity contribution in [1.82, 2.24) is 10.6 Å². The Kier molecular flexibility index (Phi) is 5.06. The third-order valence-electron chi connectivity index (χ3n) is 1.93. The molecule has 86 valence electrons. The largest absolute Gasteiger partial charge is 0.465 e. The smallest absolute Gasteiger partial charge is 0.325 e. The Morgan fingerprint density at radius 2 is 2.20 bits per heavy atom. The zero-order valence-electron chi connectivity index (χ0n) is 8.75. The van der Waals surface area contributed by atoms with Gasteiger partial charge in [-0.25, -0.2) is 0 Å². The molecule has 0 spiro atoms. The van der Waals surface area contributed by atoms with Gasteiger partial charge in [-0.15, -0.1) is 0 Å². The Bertz CT molecular complexity index is 228. The van der Waals surface area contributed by atoms with Gasteiger partial charge in [0.2, 0.25) is 5.91 Å². The minimum Gasteiger partial charge on any atom is -0.465 e. The highest BCUT2D eigenvalue weighted by atomic mass is 16.5. The number of carbonyl (C=O) groups is 2. The molecule has 0 aromatic heterocycles. The second-order valence-corrected chi connectivity index (χ2v) is 3.17. The van der Waals surface area contributed by atoms with Gasteiger partial charge in [-0.1, -0.05) is 0 Å². The van der Waals surface area contributed by atoms with E-state index in [0.717, 1.165) is 13.1 Å². The topological polar surface area (TPSA) is 76.7 Å². The minimum atomic E-state index is -0.434. The number of nitrogens with one attached hydrogen (secondary N) is 2. The van der Waals surface area contributed by atoms with Gasteiger partial charge in [0.05, 0.1) is 12.7 Å². The van der Waals surface area contributed by atoms with Crippen molar-refractivity contribution >= 4 is 11.9 Å². The van der Waals surface area contributed by atoms with E-state index in [9.17, 15) is 9.59 Å². The van der Waals surface area contributed by atoms with Crippen molar-refractivity contribution < 1.29 is 19.1 Å². The van der Waals surface area contributed by atoms with Crippen molar-refractivity contribution in [3.63, 3.8) is 0 Å². The first-order valence-corrected chi connectivity index (χ1v) is 4.97. The summed E-state index contributed by atoms with van der Waals surface area (Å²) >= 11 is 0. The molecule has 0 aromatic carbocycles. The third kappa shape index (κ3) is 4.75. The summed E-state index contributed by atoms with van der Waals surface area (Å²) in [7, 11) is 0. The highest BCUT2D eigenvalue weighted by molar-refractivity contribution is 5.82. The van der Waals surface area contributed by atoms with Gasteiger partial charge < -0.3 is 20.1 Å². The summed E-state index contributed by atoms with van der Waals surface area (Å²) in [4.78, 5) is 22.0. The third-order valence-corrected chi connectivity index (χ3v) is 1.93. The molecule has 1 fully saturated rings. The molecule has 0 bridgehead atoms. The lowest BCUT2D eigenvalue weighted by Gasteiger charge is -2.26. The molecule has 0 saturated carbocycles. The number of hydrogen-bond acceptors (Lipinski definition) is 5. The number of carbonyl (C=O) groups excluding carboxylic acids is 2. The number of esters is 1. The lowest BCUT2D eigenvalue weighted by Crippen LogP contribution is -2.49. The molecule has 0 aliphatic carbocycles. The zero-order chi connectivity index (χ0) is 11.1. The Labute approximate surface area is 88.3 Å². The summed E-state index contributed by atoms with van der Waals surface area (Å²) in [6, 6.07) is 0. The second-order valence-electron chi connectivity index (χ2n) is 3.17. The van der Waals surface area contributed by atoms with Gasteiger partial charge in [0.1, 0.15) is 13.2 Å². The van der Waals surface area contributed by atoms with Crippen LogP contribution in [0.2, 0.25) is 0 Å². The van der Waals surface area contributed by atoms with Crippen LogP contribution in [0.1, 0.15) is 6.92 Å². The van der Waals surface area contributed by atoms with E-state index in [1.165, 1.54) is 0 Å². The van der Waals surface area contributed by atoms with Crippen LogP contribution in [0.4, 0.5) is 0 Å². The molecular formula is C9H16N2O4. The summed E-state index contributed by atoms with van der Waals surface area (Å²) in [5, 5.41) is 5.43. The van der Waals surface area contributed by atoms with E-state index in [1.54, 1.807) is 6.92 Å². The van der Waals surface area contributed by atoms with Crippen molar-refractivity contribution in [1.29, 1.82) is 0 Å². The number of amides is 1. The first-order chi connectivity index (χ1) is 7.22. The van der Waals surface area contributed by atoms with Crippen LogP contribution in [0.15, 0.2) is 0 Å². The molecule has 0 radical (unpaired) electrons. The lowest BCUT2D eigenvalue weighted by atomic mass is 10.2. The molecule has 6 heteroatoms. The van der Waals surface area contributed by atoms with Crippen molar-refractivity contribution in [3.8, 4) is 0 Å². The van der Waals surface area contributed by atoms with Gasteiger partial charge >= 0.3 is 5.97 Å². The Hall–Kier alpha value is -1.14. The fourth-order valence-corrected chi connectivity index (χ4v) is 1.01. The molecule has 2 N–H and O–H groups in total. The summed E-state index contributed by atoms with van der Waals surface area (Å²) in [5.74, 6) is -0.730. The van der Waals surface area contributed by atoms with E-state index in [-0.39, 0.29) is 25.2 Å². The lowest BCUT2D eigenvalue weighted by molar-refractivity contribution is -0.144. The van der Waals surface area contributed by atoms with Gasteiger partial charge in [0, 0.05) is 13.1 Å². The Balaban J connectivity index is 1.99. The number of rotatable bonds is 6. The molecule has 15 heavy (non-hydrogen) atoms. The summed E-state index contributed by atoms with van der Waals surface area (Å²) in [6.07, 6.45) is 0.123. The maximum absolute atomic E-state index is 11.1. The molecule has 1 amide bonds. The zero-order valence-corrected chi connectivity index (χ0v) is 8.75. The van der Waals surface area contributed by atoms with E-state index in [0.29, 0.717) is 6.61 Å². The van der Waals surface area contributed by atoms with Crippen molar-refractivity contribution in [3.05, 3.63) is 0 Å². The molecule has 0 atom stereocenters. The van der Waals surface area contributed by atoms with Gasteiger partial charge in [-0.3, -0.25) is 9.59 Å². The van der Waals surface area contributed by atoms with E-state index < -0.39 is 5.97 Å². The minimum absolute atomic E-state index is 0.00818. The van der Waals surface area contributed by atoms with E-state index in [1.807, 2.05) is 0 Å². The molecule has 1 rings (SSSR count). The van der Waals surface area contributed by atoms with Gasteiger partial charge in [-0.05, 0) is 6.92 Å². The van der Waals surface area contributed by atoms with Crippen LogP contribution < -0.4 is 10.6 Å². The standard InChI is InChI=1S/C9H16N2O4/c1-2-14-9(13)5-11-8(12)6-15-7-3-10-4-7/h7,10H,2-6H2,1H3,(H,11,12). The fourth-order valence-electron chi connectivity index (χ4n) is 1.01. The first-order valence-electron chi connectivity index (χ1n) is 4.97. The van der Waals surface area contributed by atoms with E-state index in [4.69, 9.17) is 4.74 Å². The maximum atomic E-state index is 11.1. The average molecular weight is 216 g/mol. The van der Waals surface area contributed by atoms with E-state index >= 15 is 0 Å². The van der Waals surface area contributed by atoms with Crippen molar-refractivity contribution in [2.45, 2.75) is 13.0 Å². The second kappa shape index (κ2) is 6.36. The van der Waals surface area contributed by atoms with Crippen LogP contribution >= 0.6 is 0 Å². The molecule has 1 saturated heterocycles. The van der Waals surface area contributed by atoms with Gasteiger partial charge in [0.15, 0.2) is 0 Å². The van der Waals surface area contributed by atoms with Crippen LogP contribution in [0, 0.1) is 0 Å². The molecule has 0 aromatic rings. The summed E-state index contributed by atoms with van der Waals surface area (Å²) in [6.45, 7) is 3.49. The molecule has 6 nitrogen and oxygen atoms in total. The van der Waals surface area contributed by atoms with Gasteiger partial charge in [0.25, 0.3) is 0 Å². The SMILES string of the molecule is CCOC(=O)CNC(=O)COC1CNC1. The monoisotopic (exact) mass is 216 g/mol. The number of hydrogen-bond donors (Lipinski definition) is 2. The van der Waals surface area contributed by atoms with Crippen LogP contribution in [-0.4, -0.2) is 50.8 Å². The first kappa shape index (κ1) is 11.9. The average Bonchev–Trinajstić information content (AvgIpc) is 2.13. The Morgan fingerprint density at radius 3 is 2.73 bits per heavy atom.